The van der Waals surface area contributed by atoms with E-state index in [1.807, 2.05) is 13.8 Å². The van der Waals surface area contributed by atoms with Crippen LogP contribution in [0.3, 0.4) is 0 Å². The first-order chi connectivity index (χ1) is 5.96. The standard InChI is InChI=1S/C10H18O3/c1-5-6-8-9(7(2)11)13-10(3,4)12-8/h5,7-9,11H,1,6H2,2-4H3/t7?,8-,9-/m1/s1. The van der Waals surface area contributed by atoms with Crippen molar-refractivity contribution in [3.63, 3.8) is 0 Å². The van der Waals surface area contributed by atoms with E-state index in [0.717, 1.165) is 0 Å². The smallest absolute Gasteiger partial charge is 0.163 e. The molecule has 1 heterocycles. The summed E-state index contributed by atoms with van der Waals surface area (Å²) >= 11 is 0. The first-order valence-electron chi connectivity index (χ1n) is 4.61. The van der Waals surface area contributed by atoms with E-state index in [4.69, 9.17) is 9.47 Å². The zero-order valence-corrected chi connectivity index (χ0v) is 8.49. The number of ether oxygens (including phenoxy) is 2. The summed E-state index contributed by atoms with van der Waals surface area (Å²) in [6.45, 7) is 9.07. The quantitative estimate of drug-likeness (QED) is 0.678. The molecule has 0 bridgehead atoms. The van der Waals surface area contributed by atoms with Crippen LogP contribution in [-0.4, -0.2) is 29.2 Å². The van der Waals surface area contributed by atoms with E-state index < -0.39 is 11.9 Å². The molecular weight excluding hydrogens is 168 g/mol. The van der Waals surface area contributed by atoms with Crippen LogP contribution in [0, 0.1) is 0 Å². The lowest BCUT2D eigenvalue weighted by Crippen LogP contribution is -2.32. The lowest BCUT2D eigenvalue weighted by molar-refractivity contribution is -0.153. The fourth-order valence-corrected chi connectivity index (χ4v) is 1.62. The van der Waals surface area contributed by atoms with Crippen LogP contribution in [0.5, 0.6) is 0 Å². The highest BCUT2D eigenvalue weighted by atomic mass is 16.8. The van der Waals surface area contributed by atoms with E-state index in [0.29, 0.717) is 6.42 Å². The molecular formula is C10H18O3. The first kappa shape index (κ1) is 10.7. The summed E-state index contributed by atoms with van der Waals surface area (Å²) in [5.74, 6) is -0.588. The zero-order chi connectivity index (χ0) is 10.1. The van der Waals surface area contributed by atoms with Gasteiger partial charge < -0.3 is 14.6 Å². The van der Waals surface area contributed by atoms with Gasteiger partial charge in [-0.1, -0.05) is 6.08 Å². The molecule has 0 radical (unpaired) electrons. The summed E-state index contributed by atoms with van der Waals surface area (Å²) in [6, 6.07) is 0. The third-order valence-electron chi connectivity index (χ3n) is 2.10. The fourth-order valence-electron chi connectivity index (χ4n) is 1.62. The highest BCUT2D eigenvalue weighted by Gasteiger charge is 2.42. The van der Waals surface area contributed by atoms with Gasteiger partial charge in [0.15, 0.2) is 5.79 Å². The zero-order valence-electron chi connectivity index (χ0n) is 8.49. The molecule has 0 aliphatic carbocycles. The second kappa shape index (κ2) is 3.78. The van der Waals surface area contributed by atoms with E-state index in [2.05, 4.69) is 6.58 Å². The van der Waals surface area contributed by atoms with Crippen molar-refractivity contribution >= 4 is 0 Å². The first-order valence-corrected chi connectivity index (χ1v) is 4.61. The Balaban J connectivity index is 2.65. The van der Waals surface area contributed by atoms with Crippen LogP contribution in [-0.2, 0) is 9.47 Å². The molecule has 1 N–H and O–H groups in total. The van der Waals surface area contributed by atoms with E-state index in [-0.39, 0.29) is 12.2 Å². The molecule has 1 aliphatic rings. The molecule has 0 aromatic heterocycles. The molecule has 13 heavy (non-hydrogen) atoms. The maximum atomic E-state index is 9.44. The van der Waals surface area contributed by atoms with Crippen LogP contribution in [0.15, 0.2) is 12.7 Å². The molecule has 1 aliphatic heterocycles. The Morgan fingerprint density at radius 2 is 2.15 bits per heavy atom. The average Bonchev–Trinajstić information content (AvgIpc) is 2.26. The molecule has 0 saturated carbocycles. The Labute approximate surface area is 79.3 Å². The van der Waals surface area contributed by atoms with Crippen molar-refractivity contribution in [3.8, 4) is 0 Å². The number of hydrogen-bond acceptors (Lipinski definition) is 3. The number of aliphatic hydroxyl groups is 1. The molecule has 1 unspecified atom stereocenters. The lowest BCUT2D eigenvalue weighted by atomic mass is 10.1. The van der Waals surface area contributed by atoms with Gasteiger partial charge in [-0.15, -0.1) is 6.58 Å². The Hall–Kier alpha value is -0.380. The second-order valence-corrected chi connectivity index (χ2v) is 3.90. The monoisotopic (exact) mass is 186 g/mol. The molecule has 3 nitrogen and oxygen atoms in total. The average molecular weight is 186 g/mol. The minimum Gasteiger partial charge on any atom is -0.391 e. The van der Waals surface area contributed by atoms with Gasteiger partial charge in [0.05, 0.1) is 12.2 Å². The highest BCUT2D eigenvalue weighted by molar-refractivity contribution is 4.88. The lowest BCUT2D eigenvalue weighted by Gasteiger charge is -2.18. The molecule has 0 aromatic carbocycles. The van der Waals surface area contributed by atoms with E-state index in [1.54, 1.807) is 13.0 Å². The van der Waals surface area contributed by atoms with Gasteiger partial charge in [-0.05, 0) is 27.2 Å². The summed E-state index contributed by atoms with van der Waals surface area (Å²) in [5.41, 5.74) is 0. The summed E-state index contributed by atoms with van der Waals surface area (Å²) in [4.78, 5) is 0. The molecule has 0 aromatic rings. The highest BCUT2D eigenvalue weighted by Crippen LogP contribution is 2.31. The minimum atomic E-state index is -0.588. The Morgan fingerprint density at radius 3 is 2.62 bits per heavy atom. The van der Waals surface area contributed by atoms with Crippen molar-refractivity contribution in [3.05, 3.63) is 12.7 Å². The molecule has 3 heteroatoms. The second-order valence-electron chi connectivity index (χ2n) is 3.90. The van der Waals surface area contributed by atoms with Crippen molar-refractivity contribution in [1.82, 2.24) is 0 Å². The van der Waals surface area contributed by atoms with Gasteiger partial charge >= 0.3 is 0 Å². The van der Waals surface area contributed by atoms with Crippen molar-refractivity contribution in [2.75, 3.05) is 0 Å². The van der Waals surface area contributed by atoms with Crippen LogP contribution in [0.4, 0.5) is 0 Å². The number of rotatable bonds is 3. The van der Waals surface area contributed by atoms with Crippen LogP contribution in [0.2, 0.25) is 0 Å². The maximum absolute atomic E-state index is 9.44. The van der Waals surface area contributed by atoms with Crippen molar-refractivity contribution in [2.45, 2.75) is 51.3 Å². The van der Waals surface area contributed by atoms with Crippen LogP contribution < -0.4 is 0 Å². The minimum absolute atomic E-state index is 0.0764. The van der Waals surface area contributed by atoms with Crippen molar-refractivity contribution in [2.24, 2.45) is 0 Å². The largest absolute Gasteiger partial charge is 0.391 e. The summed E-state index contributed by atoms with van der Waals surface area (Å²) in [5, 5.41) is 9.44. The molecule has 76 valence electrons. The van der Waals surface area contributed by atoms with Gasteiger partial charge in [0, 0.05) is 0 Å². The van der Waals surface area contributed by atoms with Gasteiger partial charge in [0.25, 0.3) is 0 Å². The van der Waals surface area contributed by atoms with E-state index in [1.165, 1.54) is 0 Å². The SMILES string of the molecule is C=CC[C@H]1OC(C)(C)O[C@@H]1C(C)O. The van der Waals surface area contributed by atoms with E-state index in [9.17, 15) is 5.11 Å². The number of hydrogen-bond donors (Lipinski definition) is 1. The molecule has 1 saturated heterocycles. The predicted molar refractivity (Wildman–Crippen MR) is 50.3 cm³/mol. The third kappa shape index (κ3) is 2.53. The fraction of sp³-hybridized carbons (Fsp3) is 0.800. The van der Waals surface area contributed by atoms with Crippen molar-refractivity contribution < 1.29 is 14.6 Å². The van der Waals surface area contributed by atoms with Gasteiger partial charge in [0.1, 0.15) is 6.10 Å². The van der Waals surface area contributed by atoms with Gasteiger partial charge in [-0.2, -0.15) is 0 Å². The molecule has 3 atom stereocenters. The van der Waals surface area contributed by atoms with Crippen LogP contribution in [0.1, 0.15) is 27.2 Å². The Morgan fingerprint density at radius 1 is 1.54 bits per heavy atom. The third-order valence-corrected chi connectivity index (χ3v) is 2.10. The van der Waals surface area contributed by atoms with Gasteiger partial charge in [-0.3, -0.25) is 0 Å². The molecule has 1 fully saturated rings. The number of aliphatic hydroxyl groups excluding tert-OH is 1. The summed E-state index contributed by atoms with van der Waals surface area (Å²) < 4.78 is 11.2. The summed E-state index contributed by atoms with van der Waals surface area (Å²) in [7, 11) is 0. The predicted octanol–water partition coefficient (Wildman–Crippen LogP) is 1.46. The van der Waals surface area contributed by atoms with Crippen LogP contribution in [0.25, 0.3) is 0 Å². The normalized spacial score (nSPS) is 34.5. The Kier molecular flexibility index (Phi) is 3.11. The molecule has 0 spiro atoms. The Bertz CT molecular complexity index is 187. The molecule has 1 rings (SSSR count). The topological polar surface area (TPSA) is 38.7 Å². The van der Waals surface area contributed by atoms with Crippen molar-refractivity contribution in [1.29, 1.82) is 0 Å². The van der Waals surface area contributed by atoms with Gasteiger partial charge in [0.2, 0.25) is 0 Å². The maximum Gasteiger partial charge on any atom is 0.163 e. The molecule has 0 amide bonds. The summed E-state index contributed by atoms with van der Waals surface area (Å²) in [6.07, 6.45) is 1.66. The van der Waals surface area contributed by atoms with Gasteiger partial charge in [-0.25, -0.2) is 0 Å². The van der Waals surface area contributed by atoms with Crippen LogP contribution >= 0.6 is 0 Å². The van der Waals surface area contributed by atoms with E-state index >= 15 is 0 Å².